The Morgan fingerprint density at radius 2 is 2.50 bits per heavy atom. The Labute approximate surface area is 58.9 Å². The topological polar surface area (TPSA) is 50.4 Å². The van der Waals surface area contributed by atoms with Gasteiger partial charge in [-0.2, -0.15) is 0 Å². The van der Waals surface area contributed by atoms with E-state index < -0.39 is 0 Å². The third-order valence-electron chi connectivity index (χ3n) is 2.07. The van der Waals surface area contributed by atoms with Gasteiger partial charge in [0.25, 0.3) is 0 Å². The minimum atomic E-state index is 0.0477. The lowest BCUT2D eigenvalue weighted by Gasteiger charge is -2.20. The molecular weight excluding hydrogens is 132 g/mol. The van der Waals surface area contributed by atoms with Crippen LogP contribution in [-0.2, 0) is 9.63 Å². The van der Waals surface area contributed by atoms with Gasteiger partial charge in [-0.05, 0) is 13.0 Å². The van der Waals surface area contributed by atoms with Crippen LogP contribution < -0.4 is 10.8 Å². The van der Waals surface area contributed by atoms with Crippen LogP contribution in [-0.4, -0.2) is 25.1 Å². The highest BCUT2D eigenvalue weighted by Gasteiger charge is 2.37. The maximum absolute atomic E-state index is 10.9. The predicted molar refractivity (Wildman–Crippen MR) is 34.0 cm³/mol. The summed E-state index contributed by atoms with van der Waals surface area (Å²) < 4.78 is 0. The Morgan fingerprint density at radius 3 is 3.30 bits per heavy atom. The molecule has 4 heteroatoms. The van der Waals surface area contributed by atoms with Crippen molar-refractivity contribution in [2.24, 2.45) is 5.92 Å². The van der Waals surface area contributed by atoms with Gasteiger partial charge in [-0.15, -0.1) is 0 Å². The maximum atomic E-state index is 10.9. The maximum Gasteiger partial charge on any atom is 0.249 e. The molecule has 2 N–H and O–H groups in total. The highest BCUT2D eigenvalue weighted by molar-refractivity contribution is 5.79. The van der Waals surface area contributed by atoms with Crippen molar-refractivity contribution in [1.82, 2.24) is 10.8 Å². The molecule has 0 radical (unpaired) electrons. The second-order valence-electron chi connectivity index (χ2n) is 2.72. The Morgan fingerprint density at radius 1 is 1.60 bits per heavy atom. The summed E-state index contributed by atoms with van der Waals surface area (Å²) in [5.74, 6) is 0.146. The van der Waals surface area contributed by atoms with Crippen LogP contribution in [0.2, 0.25) is 0 Å². The summed E-state index contributed by atoms with van der Waals surface area (Å²) in [5.41, 5.74) is 2.38. The van der Waals surface area contributed by atoms with E-state index in [1.165, 1.54) is 0 Å². The molecule has 2 heterocycles. The summed E-state index contributed by atoms with van der Waals surface area (Å²) in [6, 6.07) is 0. The van der Waals surface area contributed by atoms with Gasteiger partial charge in [-0.3, -0.25) is 9.63 Å². The summed E-state index contributed by atoms with van der Waals surface area (Å²) in [6.45, 7) is 1.72. The summed E-state index contributed by atoms with van der Waals surface area (Å²) in [4.78, 5) is 16.0. The molecule has 0 spiro atoms. The van der Waals surface area contributed by atoms with Gasteiger partial charge in [0.05, 0.1) is 5.92 Å². The van der Waals surface area contributed by atoms with E-state index in [9.17, 15) is 4.79 Å². The van der Waals surface area contributed by atoms with Gasteiger partial charge in [-0.25, -0.2) is 5.48 Å². The van der Waals surface area contributed by atoms with Crippen LogP contribution in [0.25, 0.3) is 0 Å². The van der Waals surface area contributed by atoms with Crippen molar-refractivity contribution >= 4 is 5.91 Å². The molecule has 4 nitrogen and oxygen atoms in total. The van der Waals surface area contributed by atoms with E-state index in [1.807, 2.05) is 0 Å². The highest BCUT2D eigenvalue weighted by Crippen LogP contribution is 2.19. The number of piperidine rings is 1. The second kappa shape index (κ2) is 2.21. The first-order valence-corrected chi connectivity index (χ1v) is 3.54. The van der Waals surface area contributed by atoms with Crippen LogP contribution in [0.5, 0.6) is 0 Å². The molecule has 1 amide bonds. The molecule has 2 aliphatic heterocycles. The number of hydroxylamine groups is 1. The molecule has 0 unspecified atom stereocenters. The van der Waals surface area contributed by atoms with Crippen molar-refractivity contribution in [3.8, 4) is 0 Å². The third kappa shape index (κ3) is 0.803. The van der Waals surface area contributed by atoms with E-state index in [-0.39, 0.29) is 17.9 Å². The molecule has 56 valence electrons. The molecule has 2 rings (SSSR count). The van der Waals surface area contributed by atoms with Crippen molar-refractivity contribution in [2.45, 2.75) is 12.5 Å². The van der Waals surface area contributed by atoms with Gasteiger partial charge >= 0.3 is 0 Å². The van der Waals surface area contributed by atoms with Crippen molar-refractivity contribution in [3.05, 3.63) is 0 Å². The van der Waals surface area contributed by atoms with Gasteiger partial charge in [0.1, 0.15) is 6.10 Å². The molecule has 2 fully saturated rings. The van der Waals surface area contributed by atoms with Crippen molar-refractivity contribution < 1.29 is 9.63 Å². The van der Waals surface area contributed by atoms with Crippen LogP contribution in [0.3, 0.4) is 0 Å². The molecule has 0 saturated carbocycles. The fourth-order valence-corrected chi connectivity index (χ4v) is 1.46. The van der Waals surface area contributed by atoms with E-state index in [1.54, 1.807) is 0 Å². The lowest BCUT2D eigenvalue weighted by molar-refractivity contribution is -0.126. The molecule has 0 bridgehead atoms. The molecule has 2 saturated heterocycles. The molecule has 0 aliphatic carbocycles. The monoisotopic (exact) mass is 142 g/mol. The lowest BCUT2D eigenvalue weighted by atomic mass is 9.96. The number of amides is 1. The molecule has 0 aromatic carbocycles. The van der Waals surface area contributed by atoms with Crippen molar-refractivity contribution in [2.75, 3.05) is 13.1 Å². The zero-order valence-electron chi connectivity index (χ0n) is 5.59. The predicted octanol–water partition coefficient (Wildman–Crippen LogP) is -0.974. The SMILES string of the molecule is O=C1NO[C@H]2CNCC[C@H]12. The number of carbonyl (C=O) groups excluding carboxylic acids is 1. The van der Waals surface area contributed by atoms with Gasteiger partial charge < -0.3 is 5.32 Å². The van der Waals surface area contributed by atoms with Gasteiger partial charge in [0.2, 0.25) is 5.91 Å². The summed E-state index contributed by atoms with van der Waals surface area (Å²) in [5, 5.41) is 3.16. The van der Waals surface area contributed by atoms with Crippen LogP contribution in [0.1, 0.15) is 6.42 Å². The first kappa shape index (κ1) is 6.12. The summed E-state index contributed by atoms with van der Waals surface area (Å²) in [6.07, 6.45) is 0.970. The largest absolute Gasteiger partial charge is 0.314 e. The normalized spacial score (nSPS) is 39.0. The van der Waals surface area contributed by atoms with Crippen LogP contribution in [0.4, 0.5) is 0 Å². The number of hydrogen-bond donors (Lipinski definition) is 2. The van der Waals surface area contributed by atoms with Gasteiger partial charge in [0, 0.05) is 6.54 Å². The number of fused-ring (bicyclic) bond motifs is 1. The zero-order valence-corrected chi connectivity index (χ0v) is 5.59. The first-order valence-electron chi connectivity index (χ1n) is 3.54. The Hall–Kier alpha value is -0.610. The van der Waals surface area contributed by atoms with Gasteiger partial charge in [0.15, 0.2) is 0 Å². The zero-order chi connectivity index (χ0) is 6.97. The van der Waals surface area contributed by atoms with Crippen LogP contribution >= 0.6 is 0 Å². The molecule has 10 heavy (non-hydrogen) atoms. The number of carbonyl (C=O) groups is 1. The van der Waals surface area contributed by atoms with E-state index in [4.69, 9.17) is 4.84 Å². The summed E-state index contributed by atoms with van der Waals surface area (Å²) >= 11 is 0. The Balaban J connectivity index is 2.08. The molecule has 0 aromatic rings. The number of nitrogens with one attached hydrogen (secondary N) is 2. The van der Waals surface area contributed by atoms with Crippen molar-refractivity contribution in [3.63, 3.8) is 0 Å². The van der Waals surface area contributed by atoms with E-state index in [0.29, 0.717) is 0 Å². The molecule has 0 aromatic heterocycles. The minimum Gasteiger partial charge on any atom is -0.314 e. The summed E-state index contributed by atoms with van der Waals surface area (Å²) in [7, 11) is 0. The van der Waals surface area contributed by atoms with Crippen LogP contribution in [0.15, 0.2) is 0 Å². The average Bonchev–Trinajstić information content (AvgIpc) is 2.34. The van der Waals surface area contributed by atoms with E-state index >= 15 is 0 Å². The fourth-order valence-electron chi connectivity index (χ4n) is 1.46. The molecular formula is C6H10N2O2. The minimum absolute atomic E-state index is 0.0477. The van der Waals surface area contributed by atoms with Crippen molar-refractivity contribution in [1.29, 1.82) is 0 Å². The highest BCUT2D eigenvalue weighted by atomic mass is 16.7. The van der Waals surface area contributed by atoms with Crippen LogP contribution in [0, 0.1) is 5.92 Å². The Bertz CT molecular complexity index is 160. The molecule has 2 aliphatic rings. The smallest absolute Gasteiger partial charge is 0.249 e. The second-order valence-corrected chi connectivity index (χ2v) is 2.72. The average molecular weight is 142 g/mol. The quantitative estimate of drug-likeness (QED) is 0.457. The lowest BCUT2D eigenvalue weighted by Crippen LogP contribution is -2.40. The number of hydrogen-bond acceptors (Lipinski definition) is 3. The van der Waals surface area contributed by atoms with E-state index in [0.717, 1.165) is 19.5 Å². The Kier molecular flexibility index (Phi) is 1.35. The fraction of sp³-hybridized carbons (Fsp3) is 0.833. The van der Waals surface area contributed by atoms with Gasteiger partial charge in [-0.1, -0.05) is 0 Å². The molecule has 2 atom stereocenters. The standard InChI is InChI=1S/C6H10N2O2/c9-6-4-1-2-7-3-5(4)10-8-6/h4-5,7H,1-3H2,(H,8,9)/t4-,5-/m0/s1. The first-order chi connectivity index (χ1) is 4.88. The number of rotatable bonds is 0. The third-order valence-corrected chi connectivity index (χ3v) is 2.07. The van der Waals surface area contributed by atoms with E-state index in [2.05, 4.69) is 10.8 Å².